The fourth-order valence-corrected chi connectivity index (χ4v) is 1.47. The molecule has 0 aliphatic carbocycles. The summed E-state index contributed by atoms with van der Waals surface area (Å²) in [6.45, 7) is 3.42. The third kappa shape index (κ3) is 2.78. The van der Waals surface area contributed by atoms with Crippen LogP contribution in [0.5, 0.6) is 5.75 Å². The summed E-state index contributed by atoms with van der Waals surface area (Å²) in [5, 5.41) is 0. The van der Waals surface area contributed by atoms with Gasteiger partial charge in [-0.15, -0.1) is 0 Å². The maximum atomic E-state index is 13.5. The lowest BCUT2D eigenvalue weighted by Crippen LogP contribution is -1.90. The first-order chi connectivity index (χ1) is 8.81. The number of para-hydroxylation sites is 1. The molecule has 2 heteroatoms. The maximum absolute atomic E-state index is 13.5. The SMILES string of the molecule is C=COc1c(F)cccc1C#Cc1ccccc1. The molecular weight excluding hydrogens is 227 g/mol. The van der Waals surface area contributed by atoms with Crippen LogP contribution >= 0.6 is 0 Å². The second-order valence-corrected chi connectivity index (χ2v) is 3.52. The van der Waals surface area contributed by atoms with Crippen molar-refractivity contribution >= 4 is 0 Å². The molecule has 0 aromatic heterocycles. The number of ether oxygens (including phenoxy) is 1. The van der Waals surface area contributed by atoms with E-state index in [4.69, 9.17) is 4.74 Å². The molecule has 0 amide bonds. The Labute approximate surface area is 106 Å². The van der Waals surface area contributed by atoms with Gasteiger partial charge in [0.1, 0.15) is 0 Å². The number of hydrogen-bond donors (Lipinski definition) is 0. The lowest BCUT2D eigenvalue weighted by atomic mass is 10.1. The van der Waals surface area contributed by atoms with Gasteiger partial charge in [0.2, 0.25) is 0 Å². The topological polar surface area (TPSA) is 9.23 Å². The van der Waals surface area contributed by atoms with Gasteiger partial charge in [0.25, 0.3) is 0 Å². The Morgan fingerprint density at radius 3 is 2.50 bits per heavy atom. The van der Waals surface area contributed by atoms with Gasteiger partial charge in [0.15, 0.2) is 11.6 Å². The van der Waals surface area contributed by atoms with Crippen molar-refractivity contribution < 1.29 is 9.13 Å². The van der Waals surface area contributed by atoms with Crippen molar-refractivity contribution in [3.63, 3.8) is 0 Å². The second-order valence-electron chi connectivity index (χ2n) is 3.52. The molecule has 0 saturated carbocycles. The normalized spacial score (nSPS) is 9.17. The molecule has 0 aliphatic rings. The molecule has 0 spiro atoms. The minimum absolute atomic E-state index is 0.107. The lowest BCUT2D eigenvalue weighted by Gasteiger charge is -2.03. The summed E-state index contributed by atoms with van der Waals surface area (Å²) in [6, 6.07) is 14.1. The van der Waals surface area contributed by atoms with Crippen molar-refractivity contribution in [1.29, 1.82) is 0 Å². The third-order valence-electron chi connectivity index (χ3n) is 2.28. The minimum Gasteiger partial charge on any atom is -0.461 e. The van der Waals surface area contributed by atoms with Gasteiger partial charge in [-0.05, 0) is 24.3 Å². The van der Waals surface area contributed by atoms with Crippen molar-refractivity contribution in [3.8, 4) is 17.6 Å². The van der Waals surface area contributed by atoms with Gasteiger partial charge in [-0.3, -0.25) is 0 Å². The Morgan fingerprint density at radius 1 is 1.00 bits per heavy atom. The summed E-state index contributed by atoms with van der Waals surface area (Å²) < 4.78 is 18.6. The molecule has 2 rings (SSSR count). The molecule has 0 saturated heterocycles. The number of rotatable bonds is 2. The predicted molar refractivity (Wildman–Crippen MR) is 69.6 cm³/mol. The van der Waals surface area contributed by atoms with Crippen LogP contribution in [-0.4, -0.2) is 0 Å². The third-order valence-corrected chi connectivity index (χ3v) is 2.28. The van der Waals surface area contributed by atoms with Gasteiger partial charge in [0.05, 0.1) is 11.8 Å². The Kier molecular flexibility index (Phi) is 3.78. The summed E-state index contributed by atoms with van der Waals surface area (Å²) in [5.74, 6) is 5.51. The second kappa shape index (κ2) is 5.70. The van der Waals surface area contributed by atoms with Crippen molar-refractivity contribution in [3.05, 3.63) is 78.3 Å². The monoisotopic (exact) mass is 238 g/mol. The van der Waals surface area contributed by atoms with Gasteiger partial charge >= 0.3 is 0 Å². The number of halogens is 1. The highest BCUT2D eigenvalue weighted by Gasteiger charge is 2.06. The van der Waals surface area contributed by atoms with E-state index in [-0.39, 0.29) is 5.75 Å². The van der Waals surface area contributed by atoms with Crippen LogP contribution in [0.15, 0.2) is 61.4 Å². The molecule has 2 aromatic rings. The van der Waals surface area contributed by atoms with E-state index in [9.17, 15) is 4.39 Å². The van der Waals surface area contributed by atoms with Crippen molar-refractivity contribution in [1.82, 2.24) is 0 Å². The molecule has 0 aliphatic heterocycles. The first-order valence-corrected chi connectivity index (χ1v) is 5.44. The van der Waals surface area contributed by atoms with E-state index >= 15 is 0 Å². The molecule has 2 aromatic carbocycles. The van der Waals surface area contributed by atoms with Gasteiger partial charge in [-0.1, -0.05) is 42.7 Å². The highest BCUT2D eigenvalue weighted by molar-refractivity contribution is 5.50. The zero-order valence-corrected chi connectivity index (χ0v) is 9.69. The Morgan fingerprint density at radius 2 is 1.78 bits per heavy atom. The molecule has 0 atom stereocenters. The standard InChI is InChI=1S/C16H11FO/c1-2-18-16-14(9-6-10-15(16)17)12-11-13-7-4-3-5-8-13/h2-10H,1H2. The molecule has 0 heterocycles. The fourth-order valence-electron chi connectivity index (χ4n) is 1.47. The molecule has 18 heavy (non-hydrogen) atoms. The quantitative estimate of drug-likeness (QED) is 0.572. The molecule has 0 radical (unpaired) electrons. The van der Waals surface area contributed by atoms with Gasteiger partial charge < -0.3 is 4.74 Å². The van der Waals surface area contributed by atoms with Crippen LogP contribution in [0.3, 0.4) is 0 Å². The minimum atomic E-state index is -0.449. The first kappa shape index (κ1) is 11.9. The van der Waals surface area contributed by atoms with Gasteiger partial charge in [0, 0.05) is 5.56 Å². The Hall–Kier alpha value is -2.53. The zero-order valence-electron chi connectivity index (χ0n) is 9.69. The highest BCUT2D eigenvalue weighted by atomic mass is 19.1. The summed E-state index contributed by atoms with van der Waals surface area (Å²) in [4.78, 5) is 0. The molecule has 0 bridgehead atoms. The predicted octanol–water partition coefficient (Wildman–Crippen LogP) is 3.75. The summed E-state index contributed by atoms with van der Waals surface area (Å²) in [7, 11) is 0. The molecule has 0 N–H and O–H groups in total. The van der Waals surface area contributed by atoms with Crippen LogP contribution < -0.4 is 4.74 Å². The smallest absolute Gasteiger partial charge is 0.177 e. The number of benzene rings is 2. The van der Waals surface area contributed by atoms with E-state index in [1.54, 1.807) is 12.1 Å². The van der Waals surface area contributed by atoms with Gasteiger partial charge in [-0.2, -0.15) is 0 Å². The molecule has 88 valence electrons. The fraction of sp³-hybridized carbons (Fsp3) is 0. The van der Waals surface area contributed by atoms with Crippen LogP contribution in [0.1, 0.15) is 11.1 Å². The van der Waals surface area contributed by atoms with Gasteiger partial charge in [-0.25, -0.2) is 4.39 Å². The average Bonchev–Trinajstić information content (AvgIpc) is 2.41. The Bertz CT molecular complexity index is 606. The molecule has 0 unspecified atom stereocenters. The molecular formula is C16H11FO. The zero-order chi connectivity index (χ0) is 12.8. The van der Waals surface area contributed by atoms with E-state index in [1.807, 2.05) is 30.3 Å². The Balaban J connectivity index is 2.38. The summed E-state index contributed by atoms with van der Waals surface area (Å²) >= 11 is 0. The van der Waals surface area contributed by atoms with Crippen LogP contribution in [0.4, 0.5) is 4.39 Å². The maximum Gasteiger partial charge on any atom is 0.177 e. The van der Waals surface area contributed by atoms with E-state index in [2.05, 4.69) is 18.4 Å². The molecule has 1 nitrogen and oxygen atoms in total. The van der Waals surface area contributed by atoms with Crippen molar-refractivity contribution in [2.45, 2.75) is 0 Å². The van der Waals surface area contributed by atoms with Crippen LogP contribution in [0.25, 0.3) is 0 Å². The van der Waals surface area contributed by atoms with E-state index in [1.165, 1.54) is 12.3 Å². The average molecular weight is 238 g/mol. The van der Waals surface area contributed by atoms with E-state index in [0.29, 0.717) is 5.56 Å². The van der Waals surface area contributed by atoms with Crippen molar-refractivity contribution in [2.24, 2.45) is 0 Å². The van der Waals surface area contributed by atoms with Crippen LogP contribution in [-0.2, 0) is 0 Å². The van der Waals surface area contributed by atoms with Crippen LogP contribution in [0.2, 0.25) is 0 Å². The van der Waals surface area contributed by atoms with E-state index < -0.39 is 5.82 Å². The number of hydrogen-bond acceptors (Lipinski definition) is 1. The molecule has 0 fully saturated rings. The lowest BCUT2D eigenvalue weighted by molar-refractivity contribution is 0.441. The van der Waals surface area contributed by atoms with E-state index in [0.717, 1.165) is 5.56 Å². The summed E-state index contributed by atoms with van der Waals surface area (Å²) in [6.07, 6.45) is 1.19. The van der Waals surface area contributed by atoms with Crippen LogP contribution in [0, 0.1) is 17.7 Å². The van der Waals surface area contributed by atoms with Crippen molar-refractivity contribution in [2.75, 3.05) is 0 Å². The first-order valence-electron chi connectivity index (χ1n) is 5.44. The largest absolute Gasteiger partial charge is 0.461 e. The highest BCUT2D eigenvalue weighted by Crippen LogP contribution is 2.22. The summed E-state index contributed by atoms with van der Waals surface area (Å²) in [5.41, 5.74) is 1.37.